The fourth-order valence-corrected chi connectivity index (χ4v) is 1.58. The van der Waals surface area contributed by atoms with Crippen molar-refractivity contribution in [3.05, 3.63) is 65.2 Å². The zero-order valence-corrected chi connectivity index (χ0v) is 9.71. The van der Waals surface area contributed by atoms with E-state index in [1.807, 2.05) is 13.0 Å². The van der Waals surface area contributed by atoms with E-state index >= 15 is 0 Å². The molecule has 0 heterocycles. The quantitative estimate of drug-likeness (QED) is 0.864. The normalized spacial score (nSPS) is 10.2. The monoisotopic (exact) mass is 247 g/mol. The highest BCUT2D eigenvalue weighted by Gasteiger charge is 2.11. The van der Waals surface area contributed by atoms with Gasteiger partial charge >= 0.3 is 0 Å². The van der Waals surface area contributed by atoms with Crippen molar-refractivity contribution in [3.63, 3.8) is 0 Å². The summed E-state index contributed by atoms with van der Waals surface area (Å²) in [6.45, 7) is 1.85. The Morgan fingerprint density at radius 3 is 2.56 bits per heavy atom. The number of carbonyl (C=O) groups excluding carboxylic acids is 1. The largest absolute Gasteiger partial charge is 0.319 e. The lowest BCUT2D eigenvalue weighted by Gasteiger charge is -2.07. The van der Waals surface area contributed by atoms with Gasteiger partial charge in [-0.3, -0.25) is 4.79 Å². The maximum absolute atomic E-state index is 13.4. The molecule has 0 saturated carbocycles. The van der Waals surface area contributed by atoms with Gasteiger partial charge in [0.25, 0.3) is 5.91 Å². The van der Waals surface area contributed by atoms with Gasteiger partial charge in [-0.25, -0.2) is 8.78 Å². The van der Waals surface area contributed by atoms with Gasteiger partial charge in [-0.15, -0.1) is 0 Å². The number of aryl methyl sites for hydroxylation is 1. The molecule has 2 aromatic rings. The first kappa shape index (κ1) is 12.2. The van der Waals surface area contributed by atoms with Crippen LogP contribution in [-0.2, 0) is 0 Å². The lowest BCUT2D eigenvalue weighted by Crippen LogP contribution is -2.13. The van der Waals surface area contributed by atoms with Gasteiger partial charge in [0.05, 0.1) is 5.69 Å². The first-order chi connectivity index (χ1) is 8.58. The minimum absolute atomic E-state index is 0.165. The van der Waals surface area contributed by atoms with Crippen LogP contribution in [0.25, 0.3) is 0 Å². The number of nitrogens with one attached hydrogen (secondary N) is 1. The summed E-state index contributed by atoms with van der Waals surface area (Å²) >= 11 is 0. The second kappa shape index (κ2) is 4.96. The molecule has 92 valence electrons. The molecule has 0 aromatic heterocycles. The predicted octanol–water partition coefficient (Wildman–Crippen LogP) is 3.53. The number of benzene rings is 2. The topological polar surface area (TPSA) is 29.1 Å². The molecule has 0 spiro atoms. The summed E-state index contributed by atoms with van der Waals surface area (Å²) in [5.41, 5.74) is 1.16. The van der Waals surface area contributed by atoms with Gasteiger partial charge < -0.3 is 5.32 Å². The molecule has 0 fully saturated rings. The Bertz CT molecular complexity index is 596. The SMILES string of the molecule is Cc1cccc(C(=O)Nc2cccc(F)c2F)c1. The van der Waals surface area contributed by atoms with Gasteiger partial charge in [-0.05, 0) is 31.2 Å². The second-order valence-corrected chi connectivity index (χ2v) is 3.92. The first-order valence-electron chi connectivity index (χ1n) is 5.40. The molecule has 0 aliphatic heterocycles. The van der Waals surface area contributed by atoms with E-state index in [1.165, 1.54) is 12.1 Å². The number of amides is 1. The number of rotatable bonds is 2. The Balaban J connectivity index is 2.24. The van der Waals surface area contributed by atoms with Crippen LogP contribution in [0.1, 0.15) is 15.9 Å². The fraction of sp³-hybridized carbons (Fsp3) is 0.0714. The molecule has 2 nitrogen and oxygen atoms in total. The summed E-state index contributed by atoms with van der Waals surface area (Å²) in [5.74, 6) is -2.52. The van der Waals surface area contributed by atoms with Gasteiger partial charge in [0.1, 0.15) is 0 Å². The molecule has 1 amide bonds. The second-order valence-electron chi connectivity index (χ2n) is 3.92. The minimum Gasteiger partial charge on any atom is -0.319 e. The van der Waals surface area contributed by atoms with Crippen LogP contribution >= 0.6 is 0 Å². The minimum atomic E-state index is -1.06. The number of carbonyl (C=O) groups is 1. The standard InChI is InChI=1S/C14H11F2NO/c1-9-4-2-5-10(8-9)14(18)17-12-7-3-6-11(15)13(12)16/h2-8H,1H3,(H,17,18). The lowest BCUT2D eigenvalue weighted by atomic mass is 10.1. The Morgan fingerprint density at radius 1 is 1.11 bits per heavy atom. The zero-order chi connectivity index (χ0) is 13.1. The van der Waals surface area contributed by atoms with E-state index in [0.29, 0.717) is 5.56 Å². The van der Waals surface area contributed by atoms with E-state index in [-0.39, 0.29) is 5.69 Å². The molecular weight excluding hydrogens is 236 g/mol. The Morgan fingerprint density at radius 2 is 1.83 bits per heavy atom. The van der Waals surface area contributed by atoms with E-state index in [0.717, 1.165) is 11.6 Å². The van der Waals surface area contributed by atoms with Gasteiger partial charge in [0, 0.05) is 5.56 Å². The van der Waals surface area contributed by atoms with Crippen LogP contribution in [-0.4, -0.2) is 5.91 Å². The highest BCUT2D eigenvalue weighted by Crippen LogP contribution is 2.17. The van der Waals surface area contributed by atoms with E-state index < -0.39 is 17.5 Å². The van der Waals surface area contributed by atoms with Crippen LogP contribution in [0, 0.1) is 18.6 Å². The van der Waals surface area contributed by atoms with Crippen molar-refractivity contribution >= 4 is 11.6 Å². The van der Waals surface area contributed by atoms with Crippen molar-refractivity contribution < 1.29 is 13.6 Å². The molecule has 0 atom stereocenters. The molecule has 0 saturated heterocycles. The van der Waals surface area contributed by atoms with Crippen LogP contribution in [0.5, 0.6) is 0 Å². The zero-order valence-electron chi connectivity index (χ0n) is 9.71. The molecule has 1 N–H and O–H groups in total. The maximum atomic E-state index is 13.4. The molecule has 4 heteroatoms. The average Bonchev–Trinajstić information content (AvgIpc) is 2.35. The maximum Gasteiger partial charge on any atom is 0.255 e. The summed E-state index contributed by atoms with van der Waals surface area (Å²) in [6.07, 6.45) is 0. The molecule has 0 aliphatic rings. The first-order valence-corrected chi connectivity index (χ1v) is 5.40. The van der Waals surface area contributed by atoms with Gasteiger partial charge in [0.2, 0.25) is 0 Å². The van der Waals surface area contributed by atoms with Crippen LogP contribution in [0.2, 0.25) is 0 Å². The van der Waals surface area contributed by atoms with Crippen molar-refractivity contribution in [1.82, 2.24) is 0 Å². The molecule has 0 radical (unpaired) electrons. The Hall–Kier alpha value is -2.23. The van der Waals surface area contributed by atoms with E-state index in [9.17, 15) is 13.6 Å². The smallest absolute Gasteiger partial charge is 0.255 e. The molecule has 0 unspecified atom stereocenters. The summed E-state index contributed by atoms with van der Waals surface area (Å²) < 4.78 is 26.3. The van der Waals surface area contributed by atoms with Crippen LogP contribution in [0.3, 0.4) is 0 Å². The Labute approximate surface area is 103 Å². The number of anilines is 1. The van der Waals surface area contributed by atoms with Crippen molar-refractivity contribution in [2.24, 2.45) is 0 Å². The van der Waals surface area contributed by atoms with Crippen molar-refractivity contribution in [1.29, 1.82) is 0 Å². The van der Waals surface area contributed by atoms with Crippen LogP contribution in [0.4, 0.5) is 14.5 Å². The number of hydrogen-bond donors (Lipinski definition) is 1. The lowest BCUT2D eigenvalue weighted by molar-refractivity contribution is 0.102. The highest BCUT2D eigenvalue weighted by atomic mass is 19.2. The van der Waals surface area contributed by atoms with Crippen molar-refractivity contribution in [2.45, 2.75) is 6.92 Å². The Kier molecular flexibility index (Phi) is 3.37. The highest BCUT2D eigenvalue weighted by molar-refractivity contribution is 6.04. The molecule has 2 rings (SSSR count). The van der Waals surface area contributed by atoms with E-state index in [4.69, 9.17) is 0 Å². The van der Waals surface area contributed by atoms with Crippen molar-refractivity contribution in [2.75, 3.05) is 5.32 Å². The summed E-state index contributed by atoms with van der Waals surface area (Å²) in [5, 5.41) is 2.34. The van der Waals surface area contributed by atoms with Crippen LogP contribution in [0.15, 0.2) is 42.5 Å². The number of halogens is 2. The van der Waals surface area contributed by atoms with Crippen LogP contribution < -0.4 is 5.32 Å². The third kappa shape index (κ3) is 2.53. The average molecular weight is 247 g/mol. The molecule has 0 aliphatic carbocycles. The molecule has 0 bridgehead atoms. The number of hydrogen-bond acceptors (Lipinski definition) is 1. The molecule has 18 heavy (non-hydrogen) atoms. The third-order valence-corrected chi connectivity index (χ3v) is 2.48. The predicted molar refractivity (Wildman–Crippen MR) is 65.5 cm³/mol. The fourth-order valence-electron chi connectivity index (χ4n) is 1.58. The van der Waals surface area contributed by atoms with E-state index in [1.54, 1.807) is 18.2 Å². The van der Waals surface area contributed by atoms with Crippen molar-refractivity contribution in [3.8, 4) is 0 Å². The summed E-state index contributed by atoms with van der Waals surface area (Å²) in [4.78, 5) is 11.8. The summed E-state index contributed by atoms with van der Waals surface area (Å²) in [7, 11) is 0. The van der Waals surface area contributed by atoms with Gasteiger partial charge in [-0.2, -0.15) is 0 Å². The molecular formula is C14H11F2NO. The summed E-state index contributed by atoms with van der Waals surface area (Å²) in [6, 6.07) is 10.5. The van der Waals surface area contributed by atoms with Gasteiger partial charge in [0.15, 0.2) is 11.6 Å². The van der Waals surface area contributed by atoms with E-state index in [2.05, 4.69) is 5.32 Å². The third-order valence-electron chi connectivity index (χ3n) is 2.48. The van der Waals surface area contributed by atoms with Gasteiger partial charge in [-0.1, -0.05) is 23.8 Å². The molecule has 2 aromatic carbocycles.